The lowest BCUT2D eigenvalue weighted by Crippen LogP contribution is -2.58. The molecule has 1 aromatic rings. The number of benzene rings is 1. The molecule has 0 amide bonds. The summed E-state index contributed by atoms with van der Waals surface area (Å²) < 4.78 is 15.8. The second kappa shape index (κ2) is 7.53. The highest BCUT2D eigenvalue weighted by molar-refractivity contribution is 5.95. The van der Waals surface area contributed by atoms with Gasteiger partial charge in [0.25, 0.3) is 0 Å². The maximum absolute atomic E-state index is 12.5. The van der Waals surface area contributed by atoms with Crippen LogP contribution in [0.15, 0.2) is 17.3 Å². The maximum atomic E-state index is 12.5. The quantitative estimate of drug-likeness (QED) is 0.639. The van der Waals surface area contributed by atoms with Crippen molar-refractivity contribution < 1.29 is 23.8 Å². The third kappa shape index (κ3) is 4.46. The molecule has 1 aliphatic rings. The summed E-state index contributed by atoms with van der Waals surface area (Å²) in [5.41, 5.74) is 0.829. The first-order valence-corrected chi connectivity index (χ1v) is 8.48. The van der Waals surface area contributed by atoms with Gasteiger partial charge in [-0.2, -0.15) is 0 Å². The molecule has 0 aromatic heterocycles. The highest BCUT2D eigenvalue weighted by Gasteiger charge is 2.36. The first kappa shape index (κ1) is 20.0. The van der Waals surface area contributed by atoms with Crippen LogP contribution in [0.25, 0.3) is 0 Å². The Kier molecular flexibility index (Phi) is 5.81. The molecule has 0 saturated carbocycles. The van der Waals surface area contributed by atoms with Crippen molar-refractivity contribution in [2.45, 2.75) is 51.6 Å². The van der Waals surface area contributed by atoms with E-state index >= 15 is 0 Å². The fourth-order valence-electron chi connectivity index (χ4n) is 3.57. The normalized spacial score (nSPS) is 18.0. The van der Waals surface area contributed by atoms with Crippen LogP contribution in [0.4, 0.5) is 0 Å². The van der Waals surface area contributed by atoms with Gasteiger partial charge in [-0.25, -0.2) is 4.79 Å². The number of oxime groups is 1. The minimum absolute atomic E-state index is 0.117. The smallest absolute Gasteiger partial charge is 0.369 e. The van der Waals surface area contributed by atoms with Crippen molar-refractivity contribution in [3.05, 3.63) is 17.7 Å². The Bertz CT molecular complexity index is 692. The summed E-state index contributed by atoms with van der Waals surface area (Å²) in [5.74, 6) is 0.447. The molecular weight excluding hydrogens is 336 g/mol. The van der Waals surface area contributed by atoms with E-state index in [-0.39, 0.29) is 22.4 Å². The summed E-state index contributed by atoms with van der Waals surface area (Å²) in [4.78, 5) is 17.8. The molecular formula is C19H28N2O5. The highest BCUT2D eigenvalue weighted by Crippen LogP contribution is 2.40. The summed E-state index contributed by atoms with van der Waals surface area (Å²) in [6.45, 7) is 8.40. The van der Waals surface area contributed by atoms with Crippen molar-refractivity contribution in [2.24, 2.45) is 5.16 Å². The molecule has 144 valence electrons. The van der Waals surface area contributed by atoms with Gasteiger partial charge in [-0.05, 0) is 39.8 Å². The number of methoxy groups -OCH3 is 3. The predicted molar refractivity (Wildman–Crippen MR) is 99.5 cm³/mol. The lowest BCUT2D eigenvalue weighted by Gasteiger charge is -2.42. The van der Waals surface area contributed by atoms with Crippen LogP contribution in [0.5, 0.6) is 17.2 Å². The Hall–Kier alpha value is -2.28. The van der Waals surface area contributed by atoms with Gasteiger partial charge in [0, 0.05) is 23.9 Å². The number of nitrogens with one attached hydrogen (secondary N) is 1. The fraction of sp³-hybridized carbons (Fsp3) is 0.579. The number of carbonyl (C=O) groups excluding carboxylic acids is 1. The van der Waals surface area contributed by atoms with Crippen LogP contribution in [-0.4, -0.2) is 44.1 Å². The van der Waals surface area contributed by atoms with Crippen molar-refractivity contribution in [3.8, 4) is 17.2 Å². The molecule has 1 aliphatic heterocycles. The van der Waals surface area contributed by atoms with Crippen molar-refractivity contribution in [2.75, 3.05) is 21.3 Å². The van der Waals surface area contributed by atoms with Gasteiger partial charge in [0.2, 0.25) is 5.75 Å². The van der Waals surface area contributed by atoms with E-state index in [0.717, 1.165) is 5.71 Å². The fourth-order valence-corrected chi connectivity index (χ4v) is 3.57. The van der Waals surface area contributed by atoms with Gasteiger partial charge >= 0.3 is 5.97 Å². The van der Waals surface area contributed by atoms with Crippen LogP contribution in [0, 0.1) is 0 Å². The van der Waals surface area contributed by atoms with Crippen LogP contribution >= 0.6 is 0 Å². The Balaban J connectivity index is 2.25. The zero-order chi connectivity index (χ0) is 19.5. The Morgan fingerprint density at radius 3 is 2.04 bits per heavy atom. The Labute approximate surface area is 154 Å². The number of rotatable bonds is 5. The van der Waals surface area contributed by atoms with Crippen molar-refractivity contribution >= 4 is 11.7 Å². The van der Waals surface area contributed by atoms with E-state index in [2.05, 4.69) is 38.2 Å². The van der Waals surface area contributed by atoms with Gasteiger partial charge < -0.3 is 24.4 Å². The van der Waals surface area contributed by atoms with Crippen molar-refractivity contribution in [3.63, 3.8) is 0 Å². The van der Waals surface area contributed by atoms with E-state index in [1.54, 1.807) is 12.1 Å². The summed E-state index contributed by atoms with van der Waals surface area (Å²) in [7, 11) is 4.45. The third-order valence-corrected chi connectivity index (χ3v) is 4.15. The summed E-state index contributed by atoms with van der Waals surface area (Å²) in [6.07, 6.45) is 1.40. The number of ether oxygens (including phenoxy) is 3. The number of nitrogens with zero attached hydrogens (tertiary/aromatic N) is 1. The number of hydrogen-bond acceptors (Lipinski definition) is 7. The van der Waals surface area contributed by atoms with E-state index in [9.17, 15) is 4.79 Å². The minimum Gasteiger partial charge on any atom is -0.493 e. The zero-order valence-corrected chi connectivity index (χ0v) is 16.6. The first-order chi connectivity index (χ1) is 12.1. The molecule has 1 heterocycles. The number of carbonyl (C=O) groups is 1. The predicted octanol–water partition coefficient (Wildman–Crippen LogP) is 3.17. The lowest BCUT2D eigenvalue weighted by atomic mass is 9.81. The third-order valence-electron chi connectivity index (χ3n) is 4.15. The van der Waals surface area contributed by atoms with Crippen LogP contribution < -0.4 is 19.5 Å². The molecule has 2 rings (SSSR count). The standard InChI is InChI=1S/C19H28N2O5/c1-18(2)10-12(11-19(3,4)21-18)20-26-17(22)13-8-9-14(23-5)16(25-7)15(13)24-6/h8-9,21H,10-11H2,1-7H3. The molecule has 1 aromatic carbocycles. The Morgan fingerprint density at radius 1 is 0.962 bits per heavy atom. The second-order valence-electron chi connectivity index (χ2n) is 7.66. The van der Waals surface area contributed by atoms with Crippen LogP contribution in [0.1, 0.15) is 50.9 Å². The van der Waals surface area contributed by atoms with Gasteiger partial charge in [0.05, 0.1) is 27.0 Å². The molecule has 0 atom stereocenters. The molecule has 1 N–H and O–H groups in total. The zero-order valence-electron chi connectivity index (χ0n) is 16.6. The number of piperidine rings is 1. The largest absolute Gasteiger partial charge is 0.493 e. The highest BCUT2D eigenvalue weighted by atomic mass is 16.7. The first-order valence-electron chi connectivity index (χ1n) is 8.48. The van der Waals surface area contributed by atoms with E-state index in [0.29, 0.717) is 24.3 Å². The molecule has 0 spiro atoms. The van der Waals surface area contributed by atoms with Crippen LogP contribution in [0.2, 0.25) is 0 Å². The van der Waals surface area contributed by atoms with Gasteiger partial charge in [0.1, 0.15) is 5.56 Å². The average Bonchev–Trinajstić information content (AvgIpc) is 2.55. The maximum Gasteiger partial charge on any atom is 0.369 e. The van der Waals surface area contributed by atoms with Crippen LogP contribution in [0.3, 0.4) is 0 Å². The second-order valence-corrected chi connectivity index (χ2v) is 7.66. The topological polar surface area (TPSA) is 78.4 Å². The number of hydrogen-bond donors (Lipinski definition) is 1. The van der Waals surface area contributed by atoms with Crippen LogP contribution in [-0.2, 0) is 4.84 Å². The summed E-state index contributed by atoms with van der Waals surface area (Å²) in [5, 5.41) is 7.68. The summed E-state index contributed by atoms with van der Waals surface area (Å²) in [6, 6.07) is 3.20. The van der Waals surface area contributed by atoms with E-state index in [4.69, 9.17) is 19.0 Å². The molecule has 0 bridgehead atoms. The molecule has 7 heteroatoms. The molecule has 7 nitrogen and oxygen atoms in total. The molecule has 1 fully saturated rings. The average molecular weight is 364 g/mol. The van der Waals surface area contributed by atoms with Gasteiger partial charge in [0.15, 0.2) is 11.5 Å². The van der Waals surface area contributed by atoms with Crippen molar-refractivity contribution in [1.82, 2.24) is 5.32 Å². The van der Waals surface area contributed by atoms with Gasteiger partial charge in [-0.1, -0.05) is 5.16 Å². The van der Waals surface area contributed by atoms with Crippen molar-refractivity contribution in [1.29, 1.82) is 0 Å². The Morgan fingerprint density at radius 2 is 1.54 bits per heavy atom. The monoisotopic (exact) mass is 364 g/mol. The van der Waals surface area contributed by atoms with E-state index < -0.39 is 5.97 Å². The minimum atomic E-state index is -0.607. The van der Waals surface area contributed by atoms with Gasteiger partial charge in [-0.3, -0.25) is 0 Å². The van der Waals surface area contributed by atoms with E-state index in [1.807, 2.05) is 0 Å². The molecule has 0 aliphatic carbocycles. The SMILES string of the molecule is COc1ccc(C(=O)ON=C2CC(C)(C)NC(C)(C)C2)c(OC)c1OC. The molecule has 0 unspecified atom stereocenters. The molecule has 1 saturated heterocycles. The van der Waals surface area contributed by atoms with E-state index in [1.165, 1.54) is 21.3 Å². The summed E-state index contributed by atoms with van der Waals surface area (Å²) >= 11 is 0. The molecule has 26 heavy (non-hydrogen) atoms. The lowest BCUT2D eigenvalue weighted by molar-refractivity contribution is 0.0505. The van der Waals surface area contributed by atoms with Gasteiger partial charge in [-0.15, -0.1) is 0 Å². The molecule has 0 radical (unpaired) electrons.